The number of methoxy groups -OCH3 is 1. The molecule has 2 rings (SSSR count). The fraction of sp³-hybridized carbons (Fsp3) is 0.733. The molecular weight excluding hydrogens is 288 g/mol. The molecule has 1 aliphatic rings. The number of hydrogen-bond donors (Lipinski definition) is 1. The van der Waals surface area contributed by atoms with E-state index < -0.39 is 0 Å². The van der Waals surface area contributed by atoms with E-state index in [9.17, 15) is 9.90 Å². The molecule has 1 aromatic rings. The van der Waals surface area contributed by atoms with Crippen LogP contribution in [-0.4, -0.2) is 47.2 Å². The molecule has 3 atom stereocenters. The van der Waals surface area contributed by atoms with Crippen LogP contribution in [0.5, 0.6) is 0 Å². The lowest BCUT2D eigenvalue weighted by Gasteiger charge is -2.37. The summed E-state index contributed by atoms with van der Waals surface area (Å²) in [5.41, 5.74) is 0.766. The van der Waals surface area contributed by atoms with Gasteiger partial charge in [0.05, 0.1) is 5.69 Å². The molecule has 5 nitrogen and oxygen atoms in total. The van der Waals surface area contributed by atoms with Gasteiger partial charge in [-0.2, -0.15) is 0 Å². The van der Waals surface area contributed by atoms with E-state index in [1.807, 2.05) is 18.7 Å². The normalized spacial score (nSPS) is 24.1. The molecule has 1 saturated heterocycles. The SMILES string of the molecule is COC(C)c1nc(C)c(C(=O)N2CC(CO)CCC2C)s1. The molecule has 0 aromatic carbocycles. The number of likely N-dealkylation sites (tertiary alicyclic amines) is 1. The first kappa shape index (κ1) is 16.4. The highest BCUT2D eigenvalue weighted by molar-refractivity contribution is 7.13. The summed E-state index contributed by atoms with van der Waals surface area (Å²) >= 11 is 1.41. The number of aromatic nitrogens is 1. The summed E-state index contributed by atoms with van der Waals surface area (Å²) in [5, 5.41) is 10.2. The number of aliphatic hydroxyl groups is 1. The van der Waals surface area contributed by atoms with E-state index in [0.717, 1.165) is 23.5 Å². The number of aliphatic hydroxyl groups excluding tert-OH is 1. The van der Waals surface area contributed by atoms with Crippen LogP contribution in [0.2, 0.25) is 0 Å². The van der Waals surface area contributed by atoms with Gasteiger partial charge in [-0.25, -0.2) is 4.98 Å². The molecule has 1 aliphatic heterocycles. The number of hydrogen-bond acceptors (Lipinski definition) is 5. The monoisotopic (exact) mass is 312 g/mol. The van der Waals surface area contributed by atoms with Crippen LogP contribution in [0.3, 0.4) is 0 Å². The number of carbonyl (C=O) groups excluding carboxylic acids is 1. The molecule has 0 saturated carbocycles. The first-order valence-corrected chi connectivity index (χ1v) is 8.21. The third-order valence-electron chi connectivity index (χ3n) is 4.21. The van der Waals surface area contributed by atoms with Crippen molar-refractivity contribution in [1.82, 2.24) is 9.88 Å². The number of nitrogens with zero attached hydrogens (tertiary/aromatic N) is 2. The van der Waals surface area contributed by atoms with Crippen LogP contribution in [0.1, 0.15) is 53.2 Å². The van der Waals surface area contributed by atoms with Crippen molar-refractivity contribution in [2.45, 2.75) is 45.8 Å². The van der Waals surface area contributed by atoms with Crippen LogP contribution in [-0.2, 0) is 4.74 Å². The molecule has 0 aliphatic carbocycles. The average Bonchev–Trinajstić information content (AvgIpc) is 2.88. The van der Waals surface area contributed by atoms with Crippen LogP contribution in [0.25, 0.3) is 0 Å². The van der Waals surface area contributed by atoms with Gasteiger partial charge in [0.1, 0.15) is 16.0 Å². The Balaban J connectivity index is 2.20. The van der Waals surface area contributed by atoms with E-state index in [4.69, 9.17) is 4.74 Å². The van der Waals surface area contributed by atoms with Crippen LogP contribution >= 0.6 is 11.3 Å². The van der Waals surface area contributed by atoms with E-state index in [-0.39, 0.29) is 30.6 Å². The molecule has 0 radical (unpaired) electrons. The molecule has 6 heteroatoms. The zero-order chi connectivity index (χ0) is 15.6. The molecule has 1 amide bonds. The quantitative estimate of drug-likeness (QED) is 0.927. The number of rotatable bonds is 4. The Kier molecular flexibility index (Phi) is 5.35. The van der Waals surface area contributed by atoms with E-state index in [1.54, 1.807) is 7.11 Å². The number of piperidine rings is 1. The average molecular weight is 312 g/mol. The van der Waals surface area contributed by atoms with E-state index in [2.05, 4.69) is 11.9 Å². The van der Waals surface area contributed by atoms with E-state index >= 15 is 0 Å². The topological polar surface area (TPSA) is 62.7 Å². The minimum Gasteiger partial charge on any atom is -0.396 e. The van der Waals surface area contributed by atoms with Crippen molar-refractivity contribution in [2.75, 3.05) is 20.3 Å². The van der Waals surface area contributed by atoms with Crippen molar-refractivity contribution < 1.29 is 14.6 Å². The Labute approximate surface area is 129 Å². The molecular formula is C15H24N2O3S. The summed E-state index contributed by atoms with van der Waals surface area (Å²) in [7, 11) is 1.64. The zero-order valence-electron chi connectivity index (χ0n) is 13.1. The fourth-order valence-corrected chi connectivity index (χ4v) is 3.69. The van der Waals surface area contributed by atoms with Crippen LogP contribution < -0.4 is 0 Å². The fourth-order valence-electron chi connectivity index (χ4n) is 2.64. The molecule has 0 bridgehead atoms. The first-order valence-electron chi connectivity index (χ1n) is 7.39. The summed E-state index contributed by atoms with van der Waals surface area (Å²) in [4.78, 5) is 19.8. The third-order valence-corrected chi connectivity index (χ3v) is 5.51. The summed E-state index contributed by atoms with van der Waals surface area (Å²) in [6.07, 6.45) is 1.82. The van der Waals surface area contributed by atoms with Gasteiger partial charge in [0.2, 0.25) is 0 Å². The lowest BCUT2D eigenvalue weighted by Crippen LogP contribution is -2.46. The lowest BCUT2D eigenvalue weighted by atomic mass is 9.94. The molecule has 3 unspecified atom stereocenters. The standard InChI is InChI=1S/C15H24N2O3S/c1-9-5-6-12(8-18)7-17(9)15(19)13-10(2)16-14(21-13)11(3)20-4/h9,11-12,18H,5-8H2,1-4H3. The minimum absolute atomic E-state index is 0.0326. The third kappa shape index (κ3) is 3.44. The molecule has 118 valence electrons. The number of thiazole rings is 1. The van der Waals surface area contributed by atoms with Gasteiger partial charge in [0.25, 0.3) is 5.91 Å². The molecule has 21 heavy (non-hydrogen) atoms. The van der Waals surface area contributed by atoms with Crippen molar-refractivity contribution in [2.24, 2.45) is 5.92 Å². The van der Waals surface area contributed by atoms with Gasteiger partial charge in [-0.15, -0.1) is 11.3 Å². The molecule has 0 spiro atoms. The highest BCUT2D eigenvalue weighted by Crippen LogP contribution is 2.29. The largest absolute Gasteiger partial charge is 0.396 e. The molecule has 2 heterocycles. The van der Waals surface area contributed by atoms with Gasteiger partial charge < -0.3 is 14.7 Å². The Hall–Kier alpha value is -0.980. The Bertz CT molecular complexity index is 503. The predicted molar refractivity (Wildman–Crippen MR) is 82.6 cm³/mol. The van der Waals surface area contributed by atoms with Crippen LogP contribution in [0, 0.1) is 12.8 Å². The predicted octanol–water partition coefficient (Wildman–Crippen LogP) is 2.39. The van der Waals surface area contributed by atoms with Crippen molar-refractivity contribution >= 4 is 17.2 Å². The van der Waals surface area contributed by atoms with Crippen molar-refractivity contribution in [1.29, 1.82) is 0 Å². The van der Waals surface area contributed by atoms with Gasteiger partial charge in [-0.1, -0.05) is 0 Å². The summed E-state index contributed by atoms with van der Waals surface area (Å²) in [6.45, 7) is 6.64. The maximum atomic E-state index is 12.8. The summed E-state index contributed by atoms with van der Waals surface area (Å²) in [5.74, 6) is 0.223. The van der Waals surface area contributed by atoms with Crippen LogP contribution in [0.15, 0.2) is 0 Å². The zero-order valence-corrected chi connectivity index (χ0v) is 13.9. The Morgan fingerprint density at radius 2 is 2.29 bits per heavy atom. The lowest BCUT2D eigenvalue weighted by molar-refractivity contribution is 0.0492. The molecule has 1 N–H and O–H groups in total. The summed E-state index contributed by atoms with van der Waals surface area (Å²) in [6, 6.07) is 0.213. The second-order valence-corrected chi connectivity index (χ2v) is 6.81. The Morgan fingerprint density at radius 1 is 1.57 bits per heavy atom. The van der Waals surface area contributed by atoms with Crippen molar-refractivity contribution in [3.63, 3.8) is 0 Å². The summed E-state index contributed by atoms with van der Waals surface area (Å²) < 4.78 is 5.28. The van der Waals surface area contributed by atoms with Gasteiger partial charge >= 0.3 is 0 Å². The van der Waals surface area contributed by atoms with Gasteiger partial charge in [0, 0.05) is 26.3 Å². The van der Waals surface area contributed by atoms with Crippen molar-refractivity contribution in [3.05, 3.63) is 15.6 Å². The highest BCUT2D eigenvalue weighted by atomic mass is 32.1. The Morgan fingerprint density at radius 3 is 2.90 bits per heavy atom. The highest BCUT2D eigenvalue weighted by Gasteiger charge is 2.31. The number of ether oxygens (including phenoxy) is 1. The minimum atomic E-state index is -0.0979. The number of amides is 1. The maximum absolute atomic E-state index is 12.8. The van der Waals surface area contributed by atoms with E-state index in [1.165, 1.54) is 11.3 Å². The second kappa shape index (κ2) is 6.85. The smallest absolute Gasteiger partial charge is 0.266 e. The van der Waals surface area contributed by atoms with E-state index in [0.29, 0.717) is 11.4 Å². The first-order chi connectivity index (χ1) is 9.97. The van der Waals surface area contributed by atoms with Crippen molar-refractivity contribution in [3.8, 4) is 0 Å². The van der Waals surface area contributed by atoms with Crippen LogP contribution in [0.4, 0.5) is 0 Å². The van der Waals surface area contributed by atoms with Gasteiger partial charge in [-0.3, -0.25) is 4.79 Å². The number of carbonyl (C=O) groups is 1. The van der Waals surface area contributed by atoms with Gasteiger partial charge in [0.15, 0.2) is 0 Å². The number of aryl methyl sites for hydroxylation is 1. The van der Waals surface area contributed by atoms with Gasteiger partial charge in [-0.05, 0) is 39.5 Å². The molecule has 1 aromatic heterocycles. The maximum Gasteiger partial charge on any atom is 0.266 e. The molecule has 1 fully saturated rings. The second-order valence-electron chi connectivity index (χ2n) is 5.78.